The van der Waals surface area contributed by atoms with Crippen LogP contribution in [0.4, 0.5) is 0 Å². The highest BCUT2D eigenvalue weighted by atomic mass is 16.5. The van der Waals surface area contributed by atoms with Gasteiger partial charge in [0.05, 0.1) is 6.10 Å². The first-order valence-electron chi connectivity index (χ1n) is 7.02. The average molecular weight is 240 g/mol. The molecule has 17 heavy (non-hydrogen) atoms. The molecule has 0 unspecified atom stereocenters. The summed E-state index contributed by atoms with van der Waals surface area (Å²) in [5.74, 6) is 0. The van der Waals surface area contributed by atoms with Gasteiger partial charge in [-0.2, -0.15) is 0 Å². The first-order chi connectivity index (χ1) is 8.00. The van der Waals surface area contributed by atoms with Crippen molar-refractivity contribution in [2.24, 2.45) is 0 Å². The average Bonchev–Trinajstić information content (AvgIpc) is 2.76. The van der Waals surface area contributed by atoms with E-state index in [0.29, 0.717) is 11.6 Å². The first-order valence-corrected chi connectivity index (χ1v) is 7.02. The number of rotatable bonds is 2. The van der Waals surface area contributed by atoms with Crippen molar-refractivity contribution in [3.05, 3.63) is 0 Å². The van der Waals surface area contributed by atoms with Gasteiger partial charge in [-0.1, -0.05) is 0 Å². The zero-order valence-electron chi connectivity index (χ0n) is 11.9. The van der Waals surface area contributed by atoms with Gasteiger partial charge in [0.15, 0.2) is 0 Å². The molecular formula is C14H28N2O. The van der Waals surface area contributed by atoms with Gasteiger partial charge in [-0.05, 0) is 40.0 Å². The van der Waals surface area contributed by atoms with Crippen molar-refractivity contribution in [3.63, 3.8) is 0 Å². The Morgan fingerprint density at radius 2 is 1.65 bits per heavy atom. The van der Waals surface area contributed by atoms with Gasteiger partial charge in [0.1, 0.15) is 0 Å². The lowest BCUT2D eigenvalue weighted by atomic mass is 9.97. The summed E-state index contributed by atoms with van der Waals surface area (Å²) >= 11 is 0. The molecule has 0 aromatic rings. The lowest BCUT2D eigenvalue weighted by Gasteiger charge is -2.43. The highest BCUT2D eigenvalue weighted by Crippen LogP contribution is 2.25. The van der Waals surface area contributed by atoms with Crippen molar-refractivity contribution in [2.75, 3.05) is 33.3 Å². The molecule has 2 fully saturated rings. The van der Waals surface area contributed by atoms with Gasteiger partial charge in [0, 0.05) is 44.9 Å². The molecule has 0 amide bonds. The highest BCUT2D eigenvalue weighted by Gasteiger charge is 2.33. The summed E-state index contributed by atoms with van der Waals surface area (Å²) in [6, 6.07) is 0.800. The second-order valence-corrected chi connectivity index (χ2v) is 6.53. The van der Waals surface area contributed by atoms with Crippen LogP contribution in [0.15, 0.2) is 0 Å². The predicted molar refractivity (Wildman–Crippen MR) is 71.3 cm³/mol. The van der Waals surface area contributed by atoms with Crippen LogP contribution in [0.2, 0.25) is 0 Å². The minimum Gasteiger partial charge on any atom is -0.380 e. The lowest BCUT2D eigenvalue weighted by molar-refractivity contribution is 0.0537. The molecule has 0 N–H and O–H groups in total. The second-order valence-electron chi connectivity index (χ2n) is 6.53. The highest BCUT2D eigenvalue weighted by molar-refractivity contribution is 4.88. The molecule has 0 radical (unpaired) electrons. The maximum Gasteiger partial charge on any atom is 0.0710 e. The van der Waals surface area contributed by atoms with E-state index < -0.39 is 0 Å². The summed E-state index contributed by atoms with van der Waals surface area (Å²) in [5, 5.41) is 0. The monoisotopic (exact) mass is 240 g/mol. The van der Waals surface area contributed by atoms with E-state index in [1.54, 1.807) is 0 Å². The Morgan fingerprint density at radius 3 is 2.12 bits per heavy atom. The van der Waals surface area contributed by atoms with Gasteiger partial charge in [-0.25, -0.2) is 0 Å². The van der Waals surface area contributed by atoms with Gasteiger partial charge >= 0.3 is 0 Å². The number of hydrogen-bond acceptors (Lipinski definition) is 3. The van der Waals surface area contributed by atoms with E-state index in [1.807, 2.05) is 7.11 Å². The van der Waals surface area contributed by atoms with E-state index in [0.717, 1.165) is 12.6 Å². The van der Waals surface area contributed by atoms with Crippen LogP contribution in [0.5, 0.6) is 0 Å². The van der Waals surface area contributed by atoms with Crippen LogP contribution in [0.25, 0.3) is 0 Å². The fourth-order valence-corrected chi connectivity index (χ4v) is 3.18. The van der Waals surface area contributed by atoms with Crippen LogP contribution in [0, 0.1) is 0 Å². The van der Waals surface area contributed by atoms with Crippen LogP contribution in [0.1, 0.15) is 40.0 Å². The van der Waals surface area contributed by atoms with Crippen LogP contribution in [0.3, 0.4) is 0 Å². The molecule has 2 saturated heterocycles. The molecule has 0 spiro atoms. The van der Waals surface area contributed by atoms with Gasteiger partial charge in [-0.15, -0.1) is 0 Å². The number of nitrogens with zero attached hydrogens (tertiary/aromatic N) is 2. The summed E-state index contributed by atoms with van der Waals surface area (Å²) in [7, 11) is 1.84. The van der Waals surface area contributed by atoms with E-state index in [-0.39, 0.29) is 0 Å². The van der Waals surface area contributed by atoms with Crippen LogP contribution < -0.4 is 0 Å². The van der Waals surface area contributed by atoms with Crippen molar-refractivity contribution < 1.29 is 4.74 Å². The van der Waals surface area contributed by atoms with Gasteiger partial charge in [0.25, 0.3) is 0 Å². The molecule has 0 saturated carbocycles. The normalized spacial score (nSPS) is 30.0. The molecule has 2 rings (SSSR count). The summed E-state index contributed by atoms with van der Waals surface area (Å²) in [6.45, 7) is 11.9. The fourth-order valence-electron chi connectivity index (χ4n) is 3.18. The fraction of sp³-hybridized carbons (Fsp3) is 1.00. The minimum absolute atomic E-state index is 0.338. The summed E-state index contributed by atoms with van der Waals surface area (Å²) in [6.07, 6.45) is 4.35. The largest absolute Gasteiger partial charge is 0.380 e. The molecule has 0 aliphatic carbocycles. The van der Waals surface area contributed by atoms with E-state index in [1.165, 1.54) is 38.9 Å². The molecule has 0 aromatic heterocycles. The summed E-state index contributed by atoms with van der Waals surface area (Å²) in [4.78, 5) is 5.27. The number of ether oxygens (including phenoxy) is 1. The molecule has 2 heterocycles. The van der Waals surface area contributed by atoms with Crippen LogP contribution in [-0.2, 0) is 4.74 Å². The molecule has 3 nitrogen and oxygen atoms in total. The first kappa shape index (κ1) is 13.3. The van der Waals surface area contributed by atoms with Crippen molar-refractivity contribution in [2.45, 2.75) is 57.7 Å². The van der Waals surface area contributed by atoms with Crippen molar-refractivity contribution in [3.8, 4) is 0 Å². The Hall–Kier alpha value is -0.120. The summed E-state index contributed by atoms with van der Waals surface area (Å²) in [5.41, 5.74) is 0.338. The number of piperidine rings is 1. The van der Waals surface area contributed by atoms with Crippen LogP contribution in [-0.4, -0.2) is 60.8 Å². The zero-order valence-corrected chi connectivity index (χ0v) is 11.9. The molecule has 0 bridgehead atoms. The van der Waals surface area contributed by atoms with Gasteiger partial charge in [0.2, 0.25) is 0 Å². The second kappa shape index (κ2) is 5.25. The third kappa shape index (κ3) is 3.21. The maximum absolute atomic E-state index is 5.46. The zero-order chi connectivity index (χ0) is 12.5. The van der Waals surface area contributed by atoms with E-state index in [2.05, 4.69) is 30.6 Å². The Balaban J connectivity index is 1.80. The van der Waals surface area contributed by atoms with Crippen molar-refractivity contribution in [1.29, 1.82) is 0 Å². The molecule has 2 aliphatic heterocycles. The Morgan fingerprint density at radius 1 is 1.00 bits per heavy atom. The smallest absolute Gasteiger partial charge is 0.0710 e. The molecule has 100 valence electrons. The molecule has 3 heteroatoms. The Bertz CT molecular complexity index is 241. The van der Waals surface area contributed by atoms with Crippen molar-refractivity contribution >= 4 is 0 Å². The SMILES string of the molecule is CO[C@@H]1CCN(C2CCN(C(C)(C)C)CC2)C1. The quantitative estimate of drug-likeness (QED) is 0.734. The van der Waals surface area contributed by atoms with Gasteiger partial charge < -0.3 is 4.74 Å². The molecule has 1 atom stereocenters. The van der Waals surface area contributed by atoms with Crippen LogP contribution >= 0.6 is 0 Å². The van der Waals surface area contributed by atoms with E-state index in [9.17, 15) is 0 Å². The van der Waals surface area contributed by atoms with E-state index in [4.69, 9.17) is 4.74 Å². The molecular weight excluding hydrogens is 212 g/mol. The predicted octanol–water partition coefficient (Wildman–Crippen LogP) is 1.97. The third-order valence-electron chi connectivity index (χ3n) is 4.44. The molecule has 2 aliphatic rings. The Labute approximate surface area is 106 Å². The number of likely N-dealkylation sites (tertiary alicyclic amines) is 2. The summed E-state index contributed by atoms with van der Waals surface area (Å²) < 4.78 is 5.46. The third-order valence-corrected chi connectivity index (χ3v) is 4.44. The topological polar surface area (TPSA) is 15.7 Å². The van der Waals surface area contributed by atoms with E-state index >= 15 is 0 Å². The van der Waals surface area contributed by atoms with Gasteiger partial charge in [-0.3, -0.25) is 9.80 Å². The van der Waals surface area contributed by atoms with Crippen molar-refractivity contribution in [1.82, 2.24) is 9.80 Å². The standard InChI is InChI=1S/C14H28N2O/c1-14(2,3)16-9-5-12(6-10-16)15-8-7-13(11-15)17-4/h12-13H,5-11H2,1-4H3/t13-/m1/s1. The lowest BCUT2D eigenvalue weighted by Crippen LogP contribution is -2.50. The number of hydrogen-bond donors (Lipinski definition) is 0. The number of methoxy groups -OCH3 is 1. The Kier molecular flexibility index (Phi) is 4.11. The minimum atomic E-state index is 0.338. The maximum atomic E-state index is 5.46. The molecule has 0 aromatic carbocycles.